The molecule has 0 saturated carbocycles. The molecule has 106 valence electrons. The fourth-order valence-electron chi connectivity index (χ4n) is 1.71. The minimum Gasteiger partial charge on any atom is -0.292 e. The Kier molecular flexibility index (Phi) is 3.63. The lowest BCUT2D eigenvalue weighted by Gasteiger charge is -2.11. The minimum absolute atomic E-state index is 0.170. The summed E-state index contributed by atoms with van der Waals surface area (Å²) in [4.78, 5) is 7.28. The molecule has 1 aromatic carbocycles. The van der Waals surface area contributed by atoms with Crippen LogP contribution in [0.2, 0.25) is 0 Å². The van der Waals surface area contributed by atoms with Crippen LogP contribution in [-0.4, -0.2) is 9.97 Å². The lowest BCUT2D eigenvalue weighted by molar-refractivity contribution is -0.141. The van der Waals surface area contributed by atoms with Crippen molar-refractivity contribution in [3.05, 3.63) is 41.1 Å². The van der Waals surface area contributed by atoms with E-state index in [-0.39, 0.29) is 11.6 Å². The maximum atomic E-state index is 12.8. The van der Waals surface area contributed by atoms with Crippen LogP contribution in [0.3, 0.4) is 0 Å². The zero-order valence-electron chi connectivity index (χ0n) is 10.9. The van der Waals surface area contributed by atoms with Gasteiger partial charge in [0.1, 0.15) is 0 Å². The Morgan fingerprint density at radius 3 is 2.30 bits per heavy atom. The molecule has 0 atom stereocenters. The monoisotopic (exact) mass is 282 g/mol. The molecule has 0 fully saturated rings. The fourth-order valence-corrected chi connectivity index (χ4v) is 1.71. The van der Waals surface area contributed by atoms with Gasteiger partial charge in [-0.15, -0.1) is 0 Å². The number of hydrazine groups is 1. The van der Waals surface area contributed by atoms with Crippen molar-refractivity contribution >= 4 is 5.95 Å². The van der Waals surface area contributed by atoms with Gasteiger partial charge in [-0.2, -0.15) is 13.2 Å². The first-order valence-electron chi connectivity index (χ1n) is 5.82. The lowest BCUT2D eigenvalue weighted by Crippen LogP contribution is -2.15. The SMILES string of the molecule is Cc1ccc(-c2cc(C(F)(F)F)nc(NN)n2)cc1C. The number of hydrogen-bond donors (Lipinski definition) is 2. The first-order chi connectivity index (χ1) is 9.31. The van der Waals surface area contributed by atoms with E-state index in [9.17, 15) is 13.2 Å². The number of nitrogens with zero attached hydrogens (tertiary/aromatic N) is 2. The second-order valence-corrected chi connectivity index (χ2v) is 4.40. The van der Waals surface area contributed by atoms with Crippen molar-refractivity contribution in [2.24, 2.45) is 5.84 Å². The molecular weight excluding hydrogens is 269 g/mol. The molecule has 7 heteroatoms. The van der Waals surface area contributed by atoms with E-state index >= 15 is 0 Å². The quantitative estimate of drug-likeness (QED) is 0.656. The van der Waals surface area contributed by atoms with Crippen LogP contribution in [0.25, 0.3) is 11.3 Å². The van der Waals surface area contributed by atoms with E-state index in [1.165, 1.54) is 0 Å². The van der Waals surface area contributed by atoms with Gasteiger partial charge in [-0.05, 0) is 37.1 Å². The number of anilines is 1. The molecule has 20 heavy (non-hydrogen) atoms. The van der Waals surface area contributed by atoms with E-state index in [2.05, 4.69) is 15.4 Å². The van der Waals surface area contributed by atoms with Gasteiger partial charge in [-0.25, -0.2) is 15.8 Å². The third-order valence-corrected chi connectivity index (χ3v) is 2.95. The summed E-state index contributed by atoms with van der Waals surface area (Å²) in [6, 6.07) is 6.23. The van der Waals surface area contributed by atoms with Gasteiger partial charge in [-0.1, -0.05) is 12.1 Å². The van der Waals surface area contributed by atoms with E-state index in [1.807, 2.05) is 19.9 Å². The molecule has 2 aromatic rings. The first-order valence-corrected chi connectivity index (χ1v) is 5.82. The molecule has 0 bridgehead atoms. The van der Waals surface area contributed by atoms with Gasteiger partial charge in [-0.3, -0.25) is 5.43 Å². The molecule has 1 heterocycles. The van der Waals surface area contributed by atoms with Crippen molar-refractivity contribution in [3.8, 4) is 11.3 Å². The highest BCUT2D eigenvalue weighted by Crippen LogP contribution is 2.31. The fraction of sp³-hybridized carbons (Fsp3) is 0.231. The highest BCUT2D eigenvalue weighted by molar-refractivity contribution is 5.62. The number of aryl methyl sites for hydroxylation is 2. The molecule has 0 radical (unpaired) electrons. The number of aromatic nitrogens is 2. The summed E-state index contributed by atoms with van der Waals surface area (Å²) in [5.41, 5.74) is 3.79. The van der Waals surface area contributed by atoms with Gasteiger partial charge in [0.25, 0.3) is 0 Å². The number of alkyl halides is 3. The molecule has 0 amide bonds. The summed E-state index contributed by atoms with van der Waals surface area (Å²) < 4.78 is 38.4. The molecule has 1 aromatic heterocycles. The Bertz CT molecular complexity index is 638. The molecule has 2 rings (SSSR count). The summed E-state index contributed by atoms with van der Waals surface area (Å²) in [6.07, 6.45) is -4.55. The van der Waals surface area contributed by atoms with Crippen LogP contribution < -0.4 is 11.3 Å². The van der Waals surface area contributed by atoms with Crippen molar-refractivity contribution in [2.45, 2.75) is 20.0 Å². The standard InChI is InChI=1S/C13H13F3N4/c1-7-3-4-9(5-8(7)2)10-6-11(13(14,15)16)19-12(18-10)20-17/h3-6H,17H2,1-2H3,(H,18,19,20). The summed E-state index contributed by atoms with van der Waals surface area (Å²) >= 11 is 0. The molecule has 4 nitrogen and oxygen atoms in total. The van der Waals surface area contributed by atoms with Crippen molar-refractivity contribution in [3.63, 3.8) is 0 Å². The predicted octanol–water partition coefficient (Wildman–Crippen LogP) is 3.06. The maximum absolute atomic E-state index is 12.8. The van der Waals surface area contributed by atoms with Crippen molar-refractivity contribution in [2.75, 3.05) is 5.43 Å². The number of nitrogen functional groups attached to an aromatic ring is 1. The van der Waals surface area contributed by atoms with Gasteiger partial charge in [0.05, 0.1) is 5.69 Å². The molecule has 0 saturated heterocycles. The minimum atomic E-state index is -4.55. The molecule has 3 N–H and O–H groups in total. The largest absolute Gasteiger partial charge is 0.433 e. The Labute approximate surface area is 113 Å². The summed E-state index contributed by atoms with van der Waals surface area (Å²) in [5, 5.41) is 0. The molecule has 0 unspecified atom stereocenters. The molecule has 0 aliphatic heterocycles. The normalized spacial score (nSPS) is 11.5. The van der Waals surface area contributed by atoms with E-state index < -0.39 is 11.9 Å². The predicted molar refractivity (Wildman–Crippen MR) is 69.8 cm³/mol. The molecule has 0 spiro atoms. The number of hydrogen-bond acceptors (Lipinski definition) is 4. The highest BCUT2D eigenvalue weighted by atomic mass is 19.4. The van der Waals surface area contributed by atoms with E-state index in [0.29, 0.717) is 5.56 Å². The Morgan fingerprint density at radius 2 is 1.75 bits per heavy atom. The Morgan fingerprint density at radius 1 is 1.05 bits per heavy atom. The van der Waals surface area contributed by atoms with Gasteiger partial charge < -0.3 is 0 Å². The molecule has 0 aliphatic carbocycles. The number of nitrogens with two attached hydrogens (primary N) is 1. The number of benzene rings is 1. The highest BCUT2D eigenvalue weighted by Gasteiger charge is 2.33. The molecule has 0 aliphatic rings. The second kappa shape index (κ2) is 5.09. The Hall–Kier alpha value is -2.15. The van der Waals surface area contributed by atoms with Crippen LogP contribution >= 0.6 is 0 Å². The van der Waals surface area contributed by atoms with Gasteiger partial charge in [0.2, 0.25) is 5.95 Å². The average Bonchev–Trinajstić information content (AvgIpc) is 2.40. The van der Waals surface area contributed by atoms with E-state index in [4.69, 9.17) is 5.84 Å². The third-order valence-electron chi connectivity index (χ3n) is 2.95. The lowest BCUT2D eigenvalue weighted by atomic mass is 10.0. The van der Waals surface area contributed by atoms with Crippen molar-refractivity contribution in [1.29, 1.82) is 0 Å². The van der Waals surface area contributed by atoms with E-state index in [0.717, 1.165) is 17.2 Å². The number of halogens is 3. The Balaban J connectivity index is 2.58. The van der Waals surface area contributed by atoms with Crippen LogP contribution in [0.1, 0.15) is 16.8 Å². The maximum Gasteiger partial charge on any atom is 0.433 e. The summed E-state index contributed by atoms with van der Waals surface area (Å²) in [6.45, 7) is 3.81. The van der Waals surface area contributed by atoms with Crippen molar-refractivity contribution in [1.82, 2.24) is 9.97 Å². The summed E-state index contributed by atoms with van der Waals surface area (Å²) in [7, 11) is 0. The second-order valence-electron chi connectivity index (χ2n) is 4.40. The van der Waals surface area contributed by atoms with Crippen LogP contribution in [0.4, 0.5) is 19.1 Å². The average molecular weight is 282 g/mol. The first kappa shape index (κ1) is 14.3. The van der Waals surface area contributed by atoms with Gasteiger partial charge in [0, 0.05) is 5.56 Å². The number of rotatable bonds is 2. The van der Waals surface area contributed by atoms with Crippen LogP contribution in [-0.2, 0) is 6.18 Å². The van der Waals surface area contributed by atoms with Crippen molar-refractivity contribution < 1.29 is 13.2 Å². The van der Waals surface area contributed by atoms with Crippen LogP contribution in [0, 0.1) is 13.8 Å². The van der Waals surface area contributed by atoms with Gasteiger partial charge >= 0.3 is 6.18 Å². The smallest absolute Gasteiger partial charge is 0.292 e. The topological polar surface area (TPSA) is 63.8 Å². The zero-order chi connectivity index (χ0) is 14.9. The zero-order valence-corrected chi connectivity index (χ0v) is 10.9. The number of nitrogens with one attached hydrogen (secondary N) is 1. The third kappa shape index (κ3) is 2.88. The molecular formula is C13H13F3N4. The van der Waals surface area contributed by atoms with Crippen LogP contribution in [0.15, 0.2) is 24.3 Å². The van der Waals surface area contributed by atoms with E-state index in [1.54, 1.807) is 12.1 Å². The summed E-state index contributed by atoms with van der Waals surface area (Å²) in [5.74, 6) is 4.85. The van der Waals surface area contributed by atoms with Crippen LogP contribution in [0.5, 0.6) is 0 Å². The van der Waals surface area contributed by atoms with Gasteiger partial charge in [0.15, 0.2) is 5.69 Å².